The molecular weight excluding hydrogens is 395 g/mol. The van der Waals surface area contributed by atoms with Crippen molar-refractivity contribution in [2.24, 2.45) is 5.92 Å². The first kappa shape index (κ1) is 20.4. The minimum atomic E-state index is -4.54. The number of nitrogens with zero attached hydrogens (tertiary/aromatic N) is 2. The van der Waals surface area contributed by atoms with Crippen molar-refractivity contribution in [3.05, 3.63) is 58.4 Å². The minimum Gasteiger partial charge on any atom is -0.487 e. The van der Waals surface area contributed by atoms with E-state index in [1.165, 1.54) is 0 Å². The van der Waals surface area contributed by atoms with Crippen LogP contribution in [0.25, 0.3) is 0 Å². The number of hydrogen-bond acceptors (Lipinski definition) is 4. The van der Waals surface area contributed by atoms with Crippen molar-refractivity contribution in [2.75, 3.05) is 20.1 Å². The lowest BCUT2D eigenvalue weighted by Gasteiger charge is -2.38. The number of rotatable bonds is 6. The summed E-state index contributed by atoms with van der Waals surface area (Å²) in [6, 6.07) is 8.18. The average Bonchev–Trinajstić information content (AvgIpc) is 2.63. The number of halogens is 4. The molecule has 1 fully saturated rings. The van der Waals surface area contributed by atoms with Crippen LogP contribution in [0.3, 0.4) is 0 Å². The third-order valence-electron chi connectivity index (χ3n) is 4.51. The van der Waals surface area contributed by atoms with E-state index in [0.29, 0.717) is 5.75 Å². The molecule has 1 aromatic heterocycles. The summed E-state index contributed by atoms with van der Waals surface area (Å²) in [4.78, 5) is 17.5. The summed E-state index contributed by atoms with van der Waals surface area (Å²) in [6.07, 6.45) is -3.56. The van der Waals surface area contributed by atoms with Crippen LogP contribution in [0.15, 0.2) is 36.5 Å². The van der Waals surface area contributed by atoms with Crippen LogP contribution in [0.4, 0.5) is 13.2 Å². The molecule has 0 aliphatic carbocycles. The highest BCUT2D eigenvalue weighted by atomic mass is 35.5. The number of ether oxygens (including phenoxy) is 1. The Morgan fingerprint density at radius 3 is 2.61 bits per heavy atom. The number of carbonyl (C=O) groups excluding carboxylic acids is 1. The van der Waals surface area contributed by atoms with Crippen LogP contribution in [-0.4, -0.2) is 35.9 Å². The molecule has 5 nitrogen and oxygen atoms in total. The van der Waals surface area contributed by atoms with Gasteiger partial charge >= 0.3 is 6.18 Å². The highest BCUT2D eigenvalue weighted by molar-refractivity contribution is 6.31. The van der Waals surface area contributed by atoms with E-state index in [1.807, 2.05) is 12.1 Å². The van der Waals surface area contributed by atoms with Crippen molar-refractivity contribution in [1.29, 1.82) is 0 Å². The topological polar surface area (TPSA) is 54.5 Å². The van der Waals surface area contributed by atoms with Gasteiger partial charge in [0.2, 0.25) is 5.91 Å². The highest BCUT2D eigenvalue weighted by Crippen LogP contribution is 2.34. The van der Waals surface area contributed by atoms with Crippen molar-refractivity contribution in [1.82, 2.24) is 15.2 Å². The van der Waals surface area contributed by atoms with Crippen molar-refractivity contribution >= 4 is 17.5 Å². The normalized spacial score (nSPS) is 15.2. The number of nitrogens with one attached hydrogen (secondary N) is 1. The lowest BCUT2D eigenvalue weighted by molar-refractivity contribution is -0.137. The number of amides is 1. The molecule has 1 aliphatic rings. The second-order valence-corrected chi connectivity index (χ2v) is 7.00. The largest absolute Gasteiger partial charge is 0.487 e. The van der Waals surface area contributed by atoms with Gasteiger partial charge in [-0.05, 0) is 23.8 Å². The molecule has 150 valence electrons. The standard InChI is InChI=1S/C19H19ClF3N3O2/c1-24-18(27)13-9-26(10-13)8-12-2-4-15(5-3-12)28-11-14-6-16(19(21,22)23)17(20)7-25-14/h2-7,13H,8-11H2,1H3,(H,24,27). The van der Waals surface area contributed by atoms with Gasteiger partial charge in [0.25, 0.3) is 0 Å². The Hall–Kier alpha value is -2.32. The fraction of sp³-hybridized carbons (Fsp3) is 0.368. The molecule has 1 aromatic carbocycles. The molecule has 1 saturated heterocycles. The van der Waals surface area contributed by atoms with E-state index in [0.717, 1.165) is 37.5 Å². The smallest absolute Gasteiger partial charge is 0.417 e. The second-order valence-electron chi connectivity index (χ2n) is 6.59. The Balaban J connectivity index is 1.52. The zero-order valence-electron chi connectivity index (χ0n) is 15.1. The quantitative estimate of drug-likeness (QED) is 0.787. The molecule has 1 N–H and O–H groups in total. The third-order valence-corrected chi connectivity index (χ3v) is 4.81. The maximum absolute atomic E-state index is 12.9. The molecule has 0 unspecified atom stereocenters. The summed E-state index contributed by atoms with van der Waals surface area (Å²) >= 11 is 5.56. The average molecular weight is 414 g/mol. The first-order valence-electron chi connectivity index (χ1n) is 8.63. The van der Waals surface area contributed by atoms with Gasteiger partial charge in [0.1, 0.15) is 12.4 Å². The summed E-state index contributed by atoms with van der Waals surface area (Å²) in [7, 11) is 1.63. The molecule has 3 rings (SSSR count). The molecule has 0 atom stereocenters. The SMILES string of the molecule is CNC(=O)C1CN(Cc2ccc(OCc3cc(C(F)(F)F)c(Cl)cn3)cc2)C1. The second kappa shape index (κ2) is 8.36. The molecule has 0 radical (unpaired) electrons. The summed E-state index contributed by atoms with van der Waals surface area (Å²) in [6.45, 7) is 2.07. The number of pyridine rings is 1. The van der Waals surface area contributed by atoms with Gasteiger partial charge in [-0.25, -0.2) is 0 Å². The number of alkyl halides is 3. The Labute approximate surface area is 165 Å². The maximum atomic E-state index is 12.9. The monoisotopic (exact) mass is 413 g/mol. The first-order chi connectivity index (χ1) is 13.3. The van der Waals surface area contributed by atoms with E-state index in [9.17, 15) is 18.0 Å². The lowest BCUT2D eigenvalue weighted by atomic mass is 9.98. The predicted octanol–water partition coefficient (Wildman–Crippen LogP) is 3.51. The van der Waals surface area contributed by atoms with Gasteiger partial charge in [-0.1, -0.05) is 23.7 Å². The first-order valence-corrected chi connectivity index (χ1v) is 9.01. The lowest BCUT2D eigenvalue weighted by Crippen LogP contribution is -2.52. The number of benzene rings is 1. The van der Waals surface area contributed by atoms with E-state index < -0.39 is 16.8 Å². The molecule has 28 heavy (non-hydrogen) atoms. The number of hydrogen-bond donors (Lipinski definition) is 1. The summed E-state index contributed by atoms with van der Waals surface area (Å²) in [5.41, 5.74) is 0.274. The van der Waals surface area contributed by atoms with Gasteiger partial charge < -0.3 is 10.1 Å². The Morgan fingerprint density at radius 1 is 1.32 bits per heavy atom. The van der Waals surface area contributed by atoms with Crippen LogP contribution in [0, 0.1) is 5.92 Å². The van der Waals surface area contributed by atoms with Gasteiger partial charge in [0, 0.05) is 32.9 Å². The zero-order valence-corrected chi connectivity index (χ0v) is 15.8. The van der Waals surface area contributed by atoms with Crippen LogP contribution in [0.2, 0.25) is 5.02 Å². The van der Waals surface area contributed by atoms with E-state index >= 15 is 0 Å². The van der Waals surface area contributed by atoms with Gasteiger partial charge in [0.05, 0.1) is 22.2 Å². The predicted molar refractivity (Wildman–Crippen MR) is 97.9 cm³/mol. The van der Waals surface area contributed by atoms with Gasteiger partial charge in [0.15, 0.2) is 0 Å². The summed E-state index contributed by atoms with van der Waals surface area (Å²) in [5.74, 6) is 0.631. The molecule has 0 saturated carbocycles. The molecule has 2 heterocycles. The zero-order chi connectivity index (χ0) is 20.3. The molecule has 0 bridgehead atoms. The van der Waals surface area contributed by atoms with Crippen molar-refractivity contribution in [3.8, 4) is 5.75 Å². The third kappa shape index (κ3) is 4.94. The van der Waals surface area contributed by atoms with E-state index in [1.54, 1.807) is 19.2 Å². The number of likely N-dealkylation sites (tertiary alicyclic amines) is 1. The molecule has 2 aromatic rings. The van der Waals surface area contributed by atoms with Crippen molar-refractivity contribution in [2.45, 2.75) is 19.3 Å². The molecule has 9 heteroatoms. The number of aromatic nitrogens is 1. The molecule has 1 aliphatic heterocycles. The van der Waals surface area contributed by atoms with Crippen molar-refractivity contribution < 1.29 is 22.7 Å². The summed E-state index contributed by atoms with van der Waals surface area (Å²) < 4.78 is 44.2. The minimum absolute atomic E-state index is 0.0427. The van der Waals surface area contributed by atoms with E-state index in [4.69, 9.17) is 16.3 Å². The van der Waals surface area contributed by atoms with E-state index in [-0.39, 0.29) is 24.1 Å². The summed E-state index contributed by atoms with van der Waals surface area (Å²) in [5, 5.41) is 2.20. The van der Waals surface area contributed by atoms with Crippen LogP contribution in [-0.2, 0) is 24.1 Å². The van der Waals surface area contributed by atoms with Gasteiger partial charge in [-0.15, -0.1) is 0 Å². The van der Waals surface area contributed by atoms with Crippen molar-refractivity contribution in [3.63, 3.8) is 0 Å². The fourth-order valence-corrected chi connectivity index (χ4v) is 3.16. The van der Waals surface area contributed by atoms with Crippen LogP contribution >= 0.6 is 11.6 Å². The Bertz CT molecular complexity index is 837. The molecule has 1 amide bonds. The fourth-order valence-electron chi connectivity index (χ4n) is 2.95. The molecular formula is C19H19ClF3N3O2. The van der Waals surface area contributed by atoms with Gasteiger partial charge in [-0.3, -0.25) is 14.7 Å². The van der Waals surface area contributed by atoms with E-state index in [2.05, 4.69) is 15.2 Å². The Morgan fingerprint density at radius 2 is 2.00 bits per heavy atom. The van der Waals surface area contributed by atoms with Gasteiger partial charge in [-0.2, -0.15) is 13.2 Å². The van der Waals surface area contributed by atoms with Crippen LogP contribution in [0.1, 0.15) is 16.8 Å². The Kier molecular flexibility index (Phi) is 6.10. The van der Waals surface area contributed by atoms with Crippen LogP contribution < -0.4 is 10.1 Å². The highest BCUT2D eigenvalue weighted by Gasteiger charge is 2.34. The number of carbonyl (C=O) groups is 1. The molecule has 0 spiro atoms. The van der Waals surface area contributed by atoms with Crippen LogP contribution in [0.5, 0.6) is 5.75 Å². The maximum Gasteiger partial charge on any atom is 0.417 e.